The van der Waals surface area contributed by atoms with Gasteiger partial charge in [-0.25, -0.2) is 0 Å². The van der Waals surface area contributed by atoms with Crippen LogP contribution >= 0.6 is 11.5 Å². The molecule has 1 atom stereocenters. The molecule has 8 heteroatoms. The quantitative estimate of drug-likeness (QED) is 0.319. The molecule has 0 radical (unpaired) electrons. The highest BCUT2D eigenvalue weighted by Crippen LogP contribution is 2.19. The van der Waals surface area contributed by atoms with Crippen molar-refractivity contribution in [1.82, 2.24) is 14.9 Å². The minimum Gasteiger partial charge on any atom is -0.409 e. The maximum Gasteiger partial charge on any atom is 0.265 e. The first-order chi connectivity index (χ1) is 8.51. The average Bonchev–Trinajstić information content (AvgIpc) is 2.84. The first kappa shape index (κ1) is 14.4. The van der Waals surface area contributed by atoms with Crippen molar-refractivity contribution in [3.05, 3.63) is 10.6 Å². The van der Waals surface area contributed by atoms with Gasteiger partial charge in [-0.1, -0.05) is 30.4 Å². The van der Waals surface area contributed by atoms with E-state index in [1.165, 1.54) is 0 Å². The van der Waals surface area contributed by atoms with Gasteiger partial charge in [-0.3, -0.25) is 4.79 Å². The van der Waals surface area contributed by atoms with Gasteiger partial charge in [0.25, 0.3) is 5.91 Å². The Kier molecular flexibility index (Phi) is 5.02. The zero-order valence-corrected chi connectivity index (χ0v) is 11.4. The SMILES string of the molecule is CCC(NC(=O)c1snnc1C(C)C)C(N)=NO. The van der Waals surface area contributed by atoms with Crippen molar-refractivity contribution in [3.8, 4) is 0 Å². The standard InChI is InChI=1S/C10H17N5O2S/c1-4-6(9(11)14-17)12-10(16)8-7(5(2)3)13-15-18-8/h5-6,17H,4H2,1-3H3,(H2,11,14)(H,12,16). The van der Waals surface area contributed by atoms with Crippen LogP contribution in [0.2, 0.25) is 0 Å². The lowest BCUT2D eigenvalue weighted by Gasteiger charge is -2.15. The van der Waals surface area contributed by atoms with Crippen molar-refractivity contribution in [3.63, 3.8) is 0 Å². The van der Waals surface area contributed by atoms with Crippen LogP contribution in [0.4, 0.5) is 0 Å². The maximum absolute atomic E-state index is 12.0. The molecule has 1 unspecified atom stereocenters. The third-order valence-electron chi connectivity index (χ3n) is 2.45. The Morgan fingerprint density at radius 3 is 2.78 bits per heavy atom. The van der Waals surface area contributed by atoms with Gasteiger partial charge in [0.15, 0.2) is 5.84 Å². The number of hydrogen-bond donors (Lipinski definition) is 3. The average molecular weight is 271 g/mol. The number of carbonyl (C=O) groups is 1. The van der Waals surface area contributed by atoms with E-state index in [9.17, 15) is 4.79 Å². The van der Waals surface area contributed by atoms with E-state index in [4.69, 9.17) is 10.9 Å². The number of aromatic nitrogens is 2. The van der Waals surface area contributed by atoms with Crippen molar-refractivity contribution in [2.24, 2.45) is 10.9 Å². The van der Waals surface area contributed by atoms with E-state index in [-0.39, 0.29) is 17.7 Å². The van der Waals surface area contributed by atoms with Crippen LogP contribution in [0.3, 0.4) is 0 Å². The van der Waals surface area contributed by atoms with Crippen LogP contribution in [0.1, 0.15) is 48.5 Å². The third-order valence-corrected chi connectivity index (χ3v) is 3.19. The van der Waals surface area contributed by atoms with Gasteiger partial charge in [0.1, 0.15) is 4.88 Å². The van der Waals surface area contributed by atoms with Gasteiger partial charge in [0, 0.05) is 0 Å². The molecular formula is C10H17N5O2S. The molecule has 0 aliphatic rings. The summed E-state index contributed by atoms with van der Waals surface area (Å²) >= 11 is 1.04. The van der Waals surface area contributed by atoms with Gasteiger partial charge < -0.3 is 16.3 Å². The second-order valence-corrected chi connectivity index (χ2v) is 4.86. The molecule has 0 aliphatic heterocycles. The summed E-state index contributed by atoms with van der Waals surface area (Å²) in [6, 6.07) is -0.496. The van der Waals surface area contributed by atoms with Gasteiger partial charge >= 0.3 is 0 Å². The lowest BCUT2D eigenvalue weighted by molar-refractivity contribution is 0.0948. The Labute approximate surface area is 109 Å². The fraction of sp³-hybridized carbons (Fsp3) is 0.600. The van der Waals surface area contributed by atoms with Gasteiger partial charge in [0.05, 0.1) is 11.7 Å². The second kappa shape index (κ2) is 6.29. The molecule has 0 spiro atoms. The Bertz CT molecular complexity index is 443. The minimum absolute atomic E-state index is 0.0191. The highest BCUT2D eigenvalue weighted by atomic mass is 32.1. The summed E-state index contributed by atoms with van der Waals surface area (Å²) in [6.45, 7) is 5.71. The lowest BCUT2D eigenvalue weighted by Crippen LogP contribution is -2.44. The highest BCUT2D eigenvalue weighted by Gasteiger charge is 2.22. The zero-order valence-electron chi connectivity index (χ0n) is 10.5. The van der Waals surface area contributed by atoms with Gasteiger partial charge in [-0.2, -0.15) is 0 Å². The first-order valence-electron chi connectivity index (χ1n) is 5.61. The number of amides is 1. The Balaban J connectivity index is 2.85. The van der Waals surface area contributed by atoms with Crippen molar-refractivity contribution >= 4 is 23.3 Å². The Hall–Kier alpha value is -1.70. The van der Waals surface area contributed by atoms with E-state index < -0.39 is 6.04 Å². The number of rotatable bonds is 5. The molecule has 0 saturated heterocycles. The van der Waals surface area contributed by atoms with Crippen molar-refractivity contribution in [1.29, 1.82) is 0 Å². The third kappa shape index (κ3) is 3.16. The predicted molar refractivity (Wildman–Crippen MR) is 69.0 cm³/mol. The predicted octanol–water partition coefficient (Wildman–Crippen LogP) is 0.916. The number of hydrogen-bond acceptors (Lipinski definition) is 6. The molecular weight excluding hydrogens is 254 g/mol. The molecule has 7 nitrogen and oxygen atoms in total. The largest absolute Gasteiger partial charge is 0.409 e. The topological polar surface area (TPSA) is 113 Å². The Morgan fingerprint density at radius 1 is 1.61 bits per heavy atom. The van der Waals surface area contributed by atoms with E-state index >= 15 is 0 Å². The zero-order chi connectivity index (χ0) is 13.7. The Morgan fingerprint density at radius 2 is 2.28 bits per heavy atom. The van der Waals surface area contributed by atoms with Crippen LogP contribution in [0, 0.1) is 0 Å². The van der Waals surface area contributed by atoms with E-state index in [0.717, 1.165) is 11.5 Å². The molecule has 18 heavy (non-hydrogen) atoms. The molecule has 1 amide bonds. The van der Waals surface area contributed by atoms with E-state index in [2.05, 4.69) is 20.1 Å². The van der Waals surface area contributed by atoms with Crippen molar-refractivity contribution < 1.29 is 10.0 Å². The van der Waals surface area contributed by atoms with Crippen molar-refractivity contribution in [2.75, 3.05) is 0 Å². The maximum atomic E-state index is 12.0. The summed E-state index contributed by atoms with van der Waals surface area (Å²) in [5.74, 6) is -0.199. The fourth-order valence-corrected chi connectivity index (χ4v) is 2.13. The summed E-state index contributed by atoms with van der Waals surface area (Å²) in [7, 11) is 0. The normalized spacial score (nSPS) is 13.7. The van der Waals surface area contributed by atoms with E-state index in [0.29, 0.717) is 17.0 Å². The van der Waals surface area contributed by atoms with Gasteiger partial charge in [0.2, 0.25) is 0 Å². The summed E-state index contributed by atoms with van der Waals surface area (Å²) in [5.41, 5.74) is 6.14. The molecule has 0 fully saturated rings. The van der Waals surface area contributed by atoms with E-state index in [1.54, 1.807) is 0 Å². The smallest absolute Gasteiger partial charge is 0.265 e. The molecule has 4 N–H and O–H groups in total. The molecule has 100 valence electrons. The van der Waals surface area contributed by atoms with Crippen LogP contribution in [0.15, 0.2) is 5.16 Å². The molecule has 1 rings (SSSR count). The number of nitrogens with zero attached hydrogens (tertiary/aromatic N) is 3. The molecule has 1 aromatic rings. The van der Waals surface area contributed by atoms with Crippen LogP contribution in [-0.2, 0) is 0 Å². The van der Waals surface area contributed by atoms with Crippen LogP contribution in [-0.4, -0.2) is 32.6 Å². The summed E-state index contributed by atoms with van der Waals surface area (Å²) < 4.78 is 3.78. The molecule has 0 aliphatic carbocycles. The summed E-state index contributed by atoms with van der Waals surface area (Å²) in [4.78, 5) is 12.5. The lowest BCUT2D eigenvalue weighted by atomic mass is 10.1. The fourth-order valence-electron chi connectivity index (χ4n) is 1.41. The number of carbonyl (C=O) groups excluding carboxylic acids is 1. The summed E-state index contributed by atoms with van der Waals surface area (Å²) in [5, 5.41) is 18.1. The van der Waals surface area contributed by atoms with Gasteiger partial charge in [-0.05, 0) is 23.9 Å². The molecule has 0 aromatic carbocycles. The number of amidine groups is 1. The highest BCUT2D eigenvalue weighted by molar-refractivity contribution is 7.08. The van der Waals surface area contributed by atoms with Crippen molar-refractivity contribution in [2.45, 2.75) is 39.2 Å². The van der Waals surface area contributed by atoms with E-state index in [1.807, 2.05) is 20.8 Å². The molecule has 1 aromatic heterocycles. The van der Waals surface area contributed by atoms with Gasteiger partial charge in [-0.15, -0.1) is 5.10 Å². The van der Waals surface area contributed by atoms with Crippen LogP contribution in [0.25, 0.3) is 0 Å². The number of oxime groups is 1. The first-order valence-corrected chi connectivity index (χ1v) is 6.39. The number of nitrogens with one attached hydrogen (secondary N) is 1. The number of nitrogens with two attached hydrogens (primary N) is 1. The second-order valence-electron chi connectivity index (χ2n) is 4.10. The van der Waals surface area contributed by atoms with Crippen LogP contribution in [0.5, 0.6) is 0 Å². The molecule has 0 saturated carbocycles. The summed E-state index contributed by atoms with van der Waals surface area (Å²) in [6.07, 6.45) is 0.533. The molecule has 1 heterocycles. The monoisotopic (exact) mass is 271 g/mol. The minimum atomic E-state index is -0.496. The molecule has 0 bridgehead atoms. The van der Waals surface area contributed by atoms with Crippen LogP contribution < -0.4 is 11.1 Å².